The number of nitrogens with zero attached hydrogens (tertiary/aromatic N) is 1. The molecule has 0 saturated heterocycles. The summed E-state index contributed by atoms with van der Waals surface area (Å²) in [5.74, 6) is -0.706. The summed E-state index contributed by atoms with van der Waals surface area (Å²) in [5.41, 5.74) is 1.28. The highest BCUT2D eigenvalue weighted by molar-refractivity contribution is 5.99. The van der Waals surface area contributed by atoms with E-state index in [0.717, 1.165) is 0 Å². The minimum atomic E-state index is -0.703. The summed E-state index contributed by atoms with van der Waals surface area (Å²) >= 11 is 0. The molecule has 0 fully saturated rings. The summed E-state index contributed by atoms with van der Waals surface area (Å²) in [4.78, 5) is 27.1. The first-order chi connectivity index (χ1) is 13.5. The van der Waals surface area contributed by atoms with Crippen molar-refractivity contribution in [2.75, 3.05) is 34.0 Å². The van der Waals surface area contributed by atoms with Crippen LogP contribution < -0.4 is 9.47 Å². The molecule has 1 heterocycles. The van der Waals surface area contributed by atoms with Gasteiger partial charge in [0.2, 0.25) is 0 Å². The van der Waals surface area contributed by atoms with Gasteiger partial charge in [-0.05, 0) is 26.8 Å². The molecule has 7 nitrogen and oxygen atoms in total. The van der Waals surface area contributed by atoms with Gasteiger partial charge in [0.25, 0.3) is 0 Å². The minimum Gasteiger partial charge on any atom is -0.493 e. The lowest BCUT2D eigenvalue weighted by atomic mass is 9.82. The lowest BCUT2D eigenvalue weighted by Crippen LogP contribution is -2.28. The number of ether oxygens (including phenoxy) is 4. The van der Waals surface area contributed by atoms with Gasteiger partial charge in [0.15, 0.2) is 11.5 Å². The quantitative estimate of drug-likeness (QED) is 0.633. The predicted octanol–water partition coefficient (Wildman–Crippen LogP) is 3.02. The molecule has 152 valence electrons. The topological polar surface area (TPSA) is 74.3 Å². The van der Waals surface area contributed by atoms with Gasteiger partial charge in [-0.15, -0.1) is 0 Å². The second kappa shape index (κ2) is 9.82. The van der Waals surface area contributed by atoms with Crippen molar-refractivity contribution in [3.63, 3.8) is 0 Å². The number of para-hydroxylation sites is 1. The molecule has 1 aromatic carbocycles. The van der Waals surface area contributed by atoms with E-state index in [0.29, 0.717) is 34.8 Å². The van der Waals surface area contributed by atoms with Crippen LogP contribution in [0.3, 0.4) is 0 Å². The van der Waals surface area contributed by atoms with E-state index in [-0.39, 0.29) is 13.2 Å². The first-order valence-electron chi connectivity index (χ1n) is 9.27. The van der Waals surface area contributed by atoms with Crippen molar-refractivity contribution < 1.29 is 28.5 Å². The maximum atomic E-state index is 12.7. The summed E-state index contributed by atoms with van der Waals surface area (Å²) in [6, 6.07) is 5.37. The highest BCUT2D eigenvalue weighted by Gasteiger charge is 2.37. The van der Waals surface area contributed by atoms with E-state index in [2.05, 4.69) is 0 Å². The zero-order valence-corrected chi connectivity index (χ0v) is 17.0. The van der Waals surface area contributed by atoms with Gasteiger partial charge in [0, 0.05) is 25.0 Å². The van der Waals surface area contributed by atoms with Crippen molar-refractivity contribution in [3.05, 3.63) is 47.3 Å². The van der Waals surface area contributed by atoms with Gasteiger partial charge in [-0.25, -0.2) is 9.59 Å². The molecule has 0 aliphatic carbocycles. The van der Waals surface area contributed by atoms with E-state index in [1.807, 2.05) is 13.0 Å². The monoisotopic (exact) mass is 389 g/mol. The molecule has 0 spiro atoms. The van der Waals surface area contributed by atoms with E-state index in [4.69, 9.17) is 18.9 Å². The number of hydrogen-bond acceptors (Lipinski definition) is 7. The molecular weight excluding hydrogens is 362 g/mol. The van der Waals surface area contributed by atoms with Crippen molar-refractivity contribution in [1.82, 2.24) is 4.90 Å². The van der Waals surface area contributed by atoms with Gasteiger partial charge in [0.05, 0.1) is 44.0 Å². The number of hydrogen-bond donors (Lipinski definition) is 0. The molecular formula is C21H27NO6. The SMILES string of the molecule is CCOC(=O)C1=CN(C)C=C(C(=O)OCC)C1c1cccc(OC)c1OCC. The Morgan fingerprint density at radius 1 is 0.964 bits per heavy atom. The third-order valence-electron chi connectivity index (χ3n) is 4.16. The van der Waals surface area contributed by atoms with E-state index in [1.54, 1.807) is 57.4 Å². The Morgan fingerprint density at radius 3 is 2.00 bits per heavy atom. The summed E-state index contributed by atoms with van der Waals surface area (Å²) < 4.78 is 21.7. The first-order valence-corrected chi connectivity index (χ1v) is 9.27. The average Bonchev–Trinajstić information content (AvgIpc) is 2.68. The van der Waals surface area contributed by atoms with Crippen LogP contribution in [0, 0.1) is 0 Å². The molecule has 0 radical (unpaired) electrons. The Labute approximate surface area is 165 Å². The summed E-state index contributed by atoms with van der Waals surface area (Å²) in [6.45, 7) is 6.17. The van der Waals surface area contributed by atoms with Gasteiger partial charge in [-0.2, -0.15) is 0 Å². The first kappa shape index (κ1) is 21.3. The van der Waals surface area contributed by atoms with Gasteiger partial charge >= 0.3 is 11.9 Å². The fourth-order valence-corrected chi connectivity index (χ4v) is 3.12. The molecule has 0 saturated carbocycles. The Balaban J connectivity index is 2.68. The highest BCUT2D eigenvalue weighted by atomic mass is 16.5. The third kappa shape index (κ3) is 4.47. The standard InChI is InChI=1S/C21H27NO6/c1-6-26-19-14(10-9-11-17(19)25-5)18-15(20(23)27-7-2)12-22(4)13-16(18)21(24)28-8-3/h9-13,18H,6-8H2,1-5H3. The Hall–Kier alpha value is -2.96. The number of rotatable bonds is 8. The second-order valence-corrected chi connectivity index (χ2v) is 6.02. The number of carbonyl (C=O) groups excluding carboxylic acids is 2. The molecule has 0 bridgehead atoms. The summed E-state index contributed by atoms with van der Waals surface area (Å²) in [7, 11) is 3.28. The zero-order chi connectivity index (χ0) is 20.7. The Kier molecular flexibility index (Phi) is 7.49. The smallest absolute Gasteiger partial charge is 0.336 e. The van der Waals surface area contributed by atoms with Crippen LogP contribution in [0.1, 0.15) is 32.3 Å². The fourth-order valence-electron chi connectivity index (χ4n) is 3.12. The van der Waals surface area contributed by atoms with Crippen molar-refractivity contribution in [3.8, 4) is 11.5 Å². The van der Waals surface area contributed by atoms with Crippen LogP contribution in [0.15, 0.2) is 41.7 Å². The average molecular weight is 389 g/mol. The van der Waals surface area contributed by atoms with Crippen molar-refractivity contribution >= 4 is 11.9 Å². The maximum Gasteiger partial charge on any atom is 0.336 e. The van der Waals surface area contributed by atoms with Crippen LogP contribution in [0.2, 0.25) is 0 Å². The predicted molar refractivity (Wildman–Crippen MR) is 104 cm³/mol. The molecule has 1 aliphatic rings. The van der Waals surface area contributed by atoms with Gasteiger partial charge in [-0.1, -0.05) is 12.1 Å². The van der Waals surface area contributed by atoms with E-state index in [1.165, 1.54) is 0 Å². The number of esters is 2. The number of benzene rings is 1. The van der Waals surface area contributed by atoms with Gasteiger partial charge in [0.1, 0.15) is 0 Å². The molecule has 28 heavy (non-hydrogen) atoms. The van der Waals surface area contributed by atoms with Crippen LogP contribution in [-0.2, 0) is 19.1 Å². The van der Waals surface area contributed by atoms with Crippen LogP contribution in [0.4, 0.5) is 0 Å². The van der Waals surface area contributed by atoms with Crippen LogP contribution in [0.5, 0.6) is 11.5 Å². The summed E-state index contributed by atoms with van der Waals surface area (Å²) in [5, 5.41) is 0. The van der Waals surface area contributed by atoms with E-state index < -0.39 is 17.9 Å². The highest BCUT2D eigenvalue weighted by Crippen LogP contribution is 2.44. The van der Waals surface area contributed by atoms with Crippen molar-refractivity contribution in [2.24, 2.45) is 0 Å². The van der Waals surface area contributed by atoms with E-state index in [9.17, 15) is 9.59 Å². The normalized spacial score (nSPS) is 14.1. The lowest BCUT2D eigenvalue weighted by molar-refractivity contribution is -0.139. The largest absolute Gasteiger partial charge is 0.493 e. The van der Waals surface area contributed by atoms with E-state index >= 15 is 0 Å². The molecule has 0 N–H and O–H groups in total. The molecule has 1 aliphatic heterocycles. The maximum absolute atomic E-state index is 12.7. The molecule has 7 heteroatoms. The fraction of sp³-hybridized carbons (Fsp3) is 0.429. The van der Waals surface area contributed by atoms with Crippen molar-refractivity contribution in [1.29, 1.82) is 0 Å². The Bertz CT molecular complexity index is 747. The van der Waals surface area contributed by atoms with Gasteiger partial charge < -0.3 is 23.8 Å². The minimum absolute atomic E-state index is 0.224. The van der Waals surface area contributed by atoms with Crippen LogP contribution in [0.25, 0.3) is 0 Å². The molecule has 0 atom stereocenters. The van der Waals surface area contributed by atoms with Crippen LogP contribution >= 0.6 is 0 Å². The van der Waals surface area contributed by atoms with Crippen LogP contribution in [-0.4, -0.2) is 50.8 Å². The third-order valence-corrected chi connectivity index (χ3v) is 4.16. The molecule has 0 aromatic heterocycles. The second-order valence-electron chi connectivity index (χ2n) is 6.02. The number of methoxy groups -OCH3 is 1. The molecule has 2 rings (SSSR count). The lowest BCUT2D eigenvalue weighted by Gasteiger charge is -2.29. The van der Waals surface area contributed by atoms with Gasteiger partial charge in [-0.3, -0.25) is 0 Å². The molecule has 0 unspecified atom stereocenters. The summed E-state index contributed by atoms with van der Waals surface area (Å²) in [6.07, 6.45) is 3.31. The zero-order valence-electron chi connectivity index (χ0n) is 17.0. The molecule has 0 amide bonds. The number of carbonyl (C=O) groups is 2. The van der Waals surface area contributed by atoms with Crippen molar-refractivity contribution in [2.45, 2.75) is 26.7 Å². The Morgan fingerprint density at radius 2 is 1.54 bits per heavy atom. The molecule has 1 aromatic rings.